The van der Waals surface area contributed by atoms with Gasteiger partial charge in [0, 0.05) is 13.0 Å². The summed E-state index contributed by atoms with van der Waals surface area (Å²) in [7, 11) is -2.47. The summed E-state index contributed by atoms with van der Waals surface area (Å²) >= 11 is 0. The van der Waals surface area contributed by atoms with Crippen molar-refractivity contribution in [1.82, 2.24) is 0 Å². The lowest BCUT2D eigenvalue weighted by Crippen LogP contribution is -2.67. The standard InChI is InChI=1S/C26H34O2Si/c1-24(2,3)29(22-10-6-4-7-11-22,23-12-8-5-9-13-23)28-21-26-16-14-25(20-26,15-17-26)18-19-27/h4-13,19H,14-18,20-21H2,1-3H3. The maximum Gasteiger partial charge on any atom is 0.261 e. The monoisotopic (exact) mass is 406 g/mol. The fourth-order valence-corrected chi connectivity index (χ4v) is 10.8. The number of aldehydes is 1. The highest BCUT2D eigenvalue weighted by atomic mass is 28.4. The summed E-state index contributed by atoms with van der Waals surface area (Å²) in [5.74, 6) is 0. The fraction of sp³-hybridized carbons (Fsp3) is 0.500. The third-order valence-corrected chi connectivity index (χ3v) is 12.6. The van der Waals surface area contributed by atoms with Crippen molar-refractivity contribution in [2.24, 2.45) is 10.8 Å². The van der Waals surface area contributed by atoms with Gasteiger partial charge in [-0.25, -0.2) is 0 Å². The molecule has 2 bridgehead atoms. The molecule has 2 nitrogen and oxygen atoms in total. The highest BCUT2D eigenvalue weighted by molar-refractivity contribution is 6.99. The Kier molecular flexibility index (Phi) is 5.33. The quantitative estimate of drug-likeness (QED) is 0.472. The summed E-state index contributed by atoms with van der Waals surface area (Å²) in [6.45, 7) is 7.85. The summed E-state index contributed by atoms with van der Waals surface area (Å²) in [6, 6.07) is 21.8. The maximum atomic E-state index is 11.2. The van der Waals surface area contributed by atoms with Gasteiger partial charge in [-0.05, 0) is 58.3 Å². The first-order valence-corrected chi connectivity index (χ1v) is 12.9. The molecule has 0 radical (unpaired) electrons. The molecular formula is C26H34O2Si. The highest BCUT2D eigenvalue weighted by Crippen LogP contribution is 2.63. The van der Waals surface area contributed by atoms with Gasteiger partial charge in [0.2, 0.25) is 0 Å². The molecule has 0 aromatic heterocycles. The van der Waals surface area contributed by atoms with Crippen LogP contribution in [0.25, 0.3) is 0 Å². The molecule has 3 heteroatoms. The van der Waals surface area contributed by atoms with E-state index < -0.39 is 8.32 Å². The lowest BCUT2D eigenvalue weighted by atomic mass is 9.81. The van der Waals surface area contributed by atoms with E-state index in [1.165, 1.54) is 36.1 Å². The molecule has 0 aliphatic heterocycles. The molecule has 29 heavy (non-hydrogen) atoms. The number of rotatable bonds is 7. The van der Waals surface area contributed by atoms with Crippen LogP contribution in [0, 0.1) is 10.8 Å². The fourth-order valence-electron chi connectivity index (χ4n) is 6.13. The van der Waals surface area contributed by atoms with Crippen LogP contribution in [0.5, 0.6) is 0 Å². The van der Waals surface area contributed by atoms with Crippen molar-refractivity contribution in [2.45, 2.75) is 64.3 Å². The van der Waals surface area contributed by atoms with Gasteiger partial charge in [0.05, 0.1) is 0 Å². The molecule has 2 fully saturated rings. The first kappa shape index (κ1) is 20.6. The lowest BCUT2D eigenvalue weighted by Gasteiger charge is -2.45. The van der Waals surface area contributed by atoms with Gasteiger partial charge in [-0.2, -0.15) is 0 Å². The Bertz CT molecular complexity index is 791. The molecule has 2 aliphatic rings. The van der Waals surface area contributed by atoms with Crippen LogP contribution in [0.1, 0.15) is 59.3 Å². The van der Waals surface area contributed by atoms with Gasteiger partial charge in [-0.15, -0.1) is 0 Å². The Hall–Kier alpha value is -1.71. The van der Waals surface area contributed by atoms with Gasteiger partial charge in [-0.1, -0.05) is 81.4 Å². The predicted molar refractivity (Wildman–Crippen MR) is 122 cm³/mol. The van der Waals surface area contributed by atoms with Crippen molar-refractivity contribution in [3.63, 3.8) is 0 Å². The molecule has 0 unspecified atom stereocenters. The summed E-state index contributed by atoms with van der Waals surface area (Å²) in [4.78, 5) is 11.2. The number of benzene rings is 2. The summed E-state index contributed by atoms with van der Waals surface area (Å²) in [5.41, 5.74) is 0.520. The number of fused-ring (bicyclic) bond motifs is 2. The smallest absolute Gasteiger partial charge is 0.261 e. The Labute approximate surface area is 176 Å². The van der Waals surface area contributed by atoms with E-state index in [0.717, 1.165) is 25.7 Å². The summed E-state index contributed by atoms with van der Waals surface area (Å²) in [5, 5.41) is 2.72. The van der Waals surface area contributed by atoms with E-state index >= 15 is 0 Å². The Morgan fingerprint density at radius 2 is 1.34 bits per heavy atom. The van der Waals surface area contributed by atoms with Gasteiger partial charge in [0.1, 0.15) is 6.29 Å². The molecule has 154 valence electrons. The molecule has 0 spiro atoms. The molecule has 0 N–H and O–H groups in total. The van der Waals surface area contributed by atoms with Crippen molar-refractivity contribution < 1.29 is 9.22 Å². The van der Waals surface area contributed by atoms with Gasteiger partial charge in [0.25, 0.3) is 8.32 Å². The number of carbonyl (C=O) groups is 1. The SMILES string of the molecule is CC(C)(C)[Si](OCC12CCC(CC=O)(CC1)C2)(c1ccccc1)c1ccccc1. The Morgan fingerprint density at radius 3 is 1.79 bits per heavy atom. The molecule has 0 atom stereocenters. The zero-order valence-electron chi connectivity index (χ0n) is 18.1. The first-order valence-electron chi connectivity index (χ1n) is 11.0. The third kappa shape index (κ3) is 3.53. The minimum atomic E-state index is -2.47. The number of hydrogen-bond donors (Lipinski definition) is 0. The number of hydrogen-bond acceptors (Lipinski definition) is 2. The van der Waals surface area contributed by atoms with Crippen molar-refractivity contribution in [1.29, 1.82) is 0 Å². The van der Waals surface area contributed by atoms with Crippen LogP contribution in [0.3, 0.4) is 0 Å². The maximum absolute atomic E-state index is 11.2. The van der Waals surface area contributed by atoms with Crippen molar-refractivity contribution in [3.8, 4) is 0 Å². The van der Waals surface area contributed by atoms with Crippen LogP contribution in [0.4, 0.5) is 0 Å². The van der Waals surface area contributed by atoms with Crippen molar-refractivity contribution >= 4 is 25.0 Å². The molecular weight excluding hydrogens is 372 g/mol. The van der Waals surface area contributed by atoms with E-state index in [0.29, 0.717) is 0 Å². The molecule has 2 aromatic rings. The van der Waals surface area contributed by atoms with Gasteiger partial charge in [-0.3, -0.25) is 0 Å². The van der Waals surface area contributed by atoms with E-state index in [1.54, 1.807) is 0 Å². The molecule has 2 saturated carbocycles. The zero-order valence-corrected chi connectivity index (χ0v) is 19.1. The van der Waals surface area contributed by atoms with Crippen molar-refractivity contribution in [2.75, 3.05) is 6.61 Å². The second-order valence-corrected chi connectivity index (χ2v) is 14.8. The van der Waals surface area contributed by atoms with Crippen molar-refractivity contribution in [3.05, 3.63) is 60.7 Å². The molecule has 0 saturated heterocycles. The third-order valence-electron chi connectivity index (χ3n) is 7.65. The minimum Gasteiger partial charge on any atom is -0.407 e. The molecule has 0 amide bonds. The van der Waals surface area contributed by atoms with E-state index in [9.17, 15) is 4.79 Å². The van der Waals surface area contributed by atoms with Gasteiger partial charge < -0.3 is 9.22 Å². The first-order chi connectivity index (χ1) is 13.8. The average molecular weight is 407 g/mol. The molecule has 2 aliphatic carbocycles. The zero-order chi connectivity index (χ0) is 20.6. The minimum absolute atomic E-state index is 0.0173. The summed E-state index contributed by atoms with van der Waals surface area (Å²) in [6.07, 6.45) is 7.83. The van der Waals surface area contributed by atoms with Crippen LogP contribution in [0.15, 0.2) is 60.7 Å². The Morgan fingerprint density at radius 1 is 0.862 bits per heavy atom. The van der Waals surface area contributed by atoms with Crippen LogP contribution in [0.2, 0.25) is 5.04 Å². The van der Waals surface area contributed by atoms with Crippen LogP contribution >= 0.6 is 0 Å². The highest BCUT2D eigenvalue weighted by Gasteiger charge is 2.56. The van der Waals surface area contributed by atoms with Crippen LogP contribution in [-0.4, -0.2) is 21.2 Å². The van der Waals surface area contributed by atoms with Crippen LogP contribution < -0.4 is 10.4 Å². The lowest BCUT2D eigenvalue weighted by molar-refractivity contribution is -0.109. The Balaban J connectivity index is 1.72. The van der Waals surface area contributed by atoms with Gasteiger partial charge >= 0.3 is 0 Å². The predicted octanol–water partition coefficient (Wildman–Crippen LogP) is 5.10. The second kappa shape index (κ2) is 7.52. The van der Waals surface area contributed by atoms with E-state index in [4.69, 9.17) is 4.43 Å². The molecule has 2 aromatic carbocycles. The second-order valence-electron chi connectivity index (χ2n) is 10.5. The van der Waals surface area contributed by atoms with E-state index in [-0.39, 0.29) is 15.9 Å². The van der Waals surface area contributed by atoms with E-state index in [1.807, 2.05) is 0 Å². The molecule has 4 rings (SSSR count). The molecule has 0 heterocycles. The van der Waals surface area contributed by atoms with E-state index in [2.05, 4.69) is 81.4 Å². The summed E-state index contributed by atoms with van der Waals surface area (Å²) < 4.78 is 7.24. The number of carbonyl (C=O) groups excluding carboxylic acids is 1. The largest absolute Gasteiger partial charge is 0.407 e. The normalized spacial score (nSPS) is 26.6. The van der Waals surface area contributed by atoms with Crippen LogP contribution in [-0.2, 0) is 9.22 Å². The average Bonchev–Trinajstić information content (AvgIpc) is 3.25. The topological polar surface area (TPSA) is 26.3 Å². The van der Waals surface area contributed by atoms with Gasteiger partial charge in [0.15, 0.2) is 0 Å².